The van der Waals surface area contributed by atoms with Gasteiger partial charge in [0.15, 0.2) is 12.4 Å². The molecular weight excluding hydrogens is 397 g/mol. The normalized spacial score (nSPS) is 32.1. The number of ketones is 1. The summed E-state index contributed by atoms with van der Waals surface area (Å²) >= 11 is 0. The SMILES string of the molecule is O=C(COc1ccccc1N1C(=O)[C@@H]2[C@@H]3C=C[C@H]([C@@H]4C[C@H]34)[C@@H]2C1=O)c1ccc(F)cc1. The number of hydrogen-bond donors (Lipinski definition) is 0. The zero-order valence-corrected chi connectivity index (χ0v) is 16.6. The van der Waals surface area contributed by atoms with Crippen molar-refractivity contribution in [3.63, 3.8) is 0 Å². The highest BCUT2D eigenvalue weighted by molar-refractivity contribution is 6.23. The number of hydrogen-bond acceptors (Lipinski definition) is 4. The molecule has 1 heterocycles. The zero-order valence-electron chi connectivity index (χ0n) is 16.6. The first-order valence-corrected chi connectivity index (χ1v) is 10.6. The molecule has 31 heavy (non-hydrogen) atoms. The van der Waals surface area contributed by atoms with Gasteiger partial charge in [-0.05, 0) is 66.5 Å². The molecule has 2 saturated carbocycles. The van der Waals surface area contributed by atoms with Crippen LogP contribution in [0.4, 0.5) is 10.1 Å². The van der Waals surface area contributed by atoms with Gasteiger partial charge in [-0.1, -0.05) is 24.3 Å². The van der Waals surface area contributed by atoms with Crippen LogP contribution in [0.3, 0.4) is 0 Å². The molecular formula is C25H20FNO4. The summed E-state index contributed by atoms with van der Waals surface area (Å²) in [6, 6.07) is 12.1. The van der Waals surface area contributed by atoms with E-state index in [-0.39, 0.29) is 47.9 Å². The number of anilines is 1. The van der Waals surface area contributed by atoms with Crippen molar-refractivity contribution in [1.82, 2.24) is 0 Å². The second-order valence-electron chi connectivity index (χ2n) is 8.85. The van der Waals surface area contributed by atoms with Gasteiger partial charge in [0.1, 0.15) is 11.6 Å². The molecule has 2 bridgehead atoms. The summed E-state index contributed by atoms with van der Waals surface area (Å²) < 4.78 is 18.8. The van der Waals surface area contributed by atoms with Crippen LogP contribution in [0, 0.1) is 41.3 Å². The van der Waals surface area contributed by atoms with E-state index in [1.807, 2.05) is 0 Å². The van der Waals surface area contributed by atoms with Crippen LogP contribution >= 0.6 is 0 Å². The van der Waals surface area contributed by atoms with Crippen LogP contribution in [0.1, 0.15) is 16.8 Å². The highest BCUT2D eigenvalue weighted by Gasteiger charge is 2.67. The van der Waals surface area contributed by atoms with Crippen LogP contribution in [0.25, 0.3) is 0 Å². The van der Waals surface area contributed by atoms with Crippen molar-refractivity contribution in [2.75, 3.05) is 11.5 Å². The molecule has 1 saturated heterocycles. The first-order valence-electron chi connectivity index (χ1n) is 10.6. The number of carbonyl (C=O) groups is 3. The monoisotopic (exact) mass is 417 g/mol. The van der Waals surface area contributed by atoms with Crippen molar-refractivity contribution in [3.05, 3.63) is 72.1 Å². The minimum absolute atomic E-state index is 0.148. The molecule has 6 atom stereocenters. The number of Topliss-reactive ketones (excluding diaryl/α,β-unsaturated/α-hetero) is 1. The molecule has 6 heteroatoms. The van der Waals surface area contributed by atoms with Crippen LogP contribution in [-0.4, -0.2) is 24.2 Å². The molecule has 5 aliphatic rings. The standard InChI is InChI=1S/C25H20FNO4/c26-14-7-5-13(6-8-14)20(28)12-31-21-4-2-1-3-19(21)27-24(29)22-15-9-10-16(18-11-17(15)18)23(22)25(27)30/h1-10,15-18,22-23H,11-12H2/t15-,16-,17-,18+,22-,23+/m1/s1. The Kier molecular flexibility index (Phi) is 3.94. The molecule has 7 rings (SSSR count). The summed E-state index contributed by atoms with van der Waals surface area (Å²) in [5.74, 6) is 0.0244. The van der Waals surface area contributed by atoms with E-state index in [0.29, 0.717) is 28.8 Å². The highest BCUT2D eigenvalue weighted by atomic mass is 19.1. The minimum Gasteiger partial charge on any atom is -0.483 e. The number of amides is 2. The second-order valence-corrected chi connectivity index (χ2v) is 8.85. The van der Waals surface area contributed by atoms with E-state index < -0.39 is 5.82 Å². The van der Waals surface area contributed by atoms with Gasteiger partial charge in [-0.15, -0.1) is 0 Å². The van der Waals surface area contributed by atoms with Gasteiger partial charge in [-0.2, -0.15) is 0 Å². The largest absolute Gasteiger partial charge is 0.483 e. The van der Waals surface area contributed by atoms with E-state index in [9.17, 15) is 18.8 Å². The van der Waals surface area contributed by atoms with Crippen LogP contribution in [0.2, 0.25) is 0 Å². The maximum Gasteiger partial charge on any atom is 0.238 e. The van der Waals surface area contributed by atoms with Gasteiger partial charge in [0.2, 0.25) is 11.8 Å². The summed E-state index contributed by atoms with van der Waals surface area (Å²) in [6.07, 6.45) is 5.39. The Hall–Kier alpha value is -3.28. The maximum atomic E-state index is 13.4. The van der Waals surface area contributed by atoms with Crippen molar-refractivity contribution in [3.8, 4) is 5.75 Å². The lowest BCUT2D eigenvalue weighted by molar-refractivity contribution is -0.124. The first kappa shape index (κ1) is 18.5. The third kappa shape index (κ3) is 2.70. The Morgan fingerprint density at radius 1 is 0.935 bits per heavy atom. The van der Waals surface area contributed by atoms with Gasteiger partial charge in [0.25, 0.3) is 0 Å². The topological polar surface area (TPSA) is 63.7 Å². The third-order valence-corrected chi connectivity index (χ3v) is 7.29. The molecule has 2 aromatic rings. The summed E-state index contributed by atoms with van der Waals surface area (Å²) in [4.78, 5) is 40.4. The fourth-order valence-corrected chi connectivity index (χ4v) is 5.82. The molecule has 4 aliphatic carbocycles. The summed E-state index contributed by atoms with van der Waals surface area (Å²) in [5, 5.41) is 0. The number of allylic oxidation sites excluding steroid dienone is 2. The van der Waals surface area contributed by atoms with E-state index in [0.717, 1.165) is 6.42 Å². The van der Waals surface area contributed by atoms with Gasteiger partial charge < -0.3 is 4.74 Å². The van der Waals surface area contributed by atoms with Crippen LogP contribution in [-0.2, 0) is 9.59 Å². The number of imide groups is 1. The highest BCUT2D eigenvalue weighted by Crippen LogP contribution is 2.65. The van der Waals surface area contributed by atoms with Gasteiger partial charge >= 0.3 is 0 Å². The number of ether oxygens (including phenoxy) is 1. The van der Waals surface area contributed by atoms with Crippen LogP contribution < -0.4 is 9.64 Å². The molecule has 1 aliphatic heterocycles. The number of nitrogens with zero attached hydrogens (tertiary/aromatic N) is 1. The molecule has 0 unspecified atom stereocenters. The average Bonchev–Trinajstić information content (AvgIpc) is 3.56. The molecule has 0 N–H and O–H groups in total. The number of halogens is 1. The lowest BCUT2D eigenvalue weighted by Crippen LogP contribution is -2.40. The van der Waals surface area contributed by atoms with Crippen LogP contribution in [0.15, 0.2) is 60.7 Å². The van der Waals surface area contributed by atoms with Crippen molar-refractivity contribution in [2.24, 2.45) is 35.5 Å². The molecule has 3 fully saturated rings. The van der Waals surface area contributed by atoms with E-state index >= 15 is 0 Å². The third-order valence-electron chi connectivity index (χ3n) is 7.29. The first-order chi connectivity index (χ1) is 15.0. The Morgan fingerprint density at radius 2 is 1.55 bits per heavy atom. The van der Waals surface area contributed by atoms with Gasteiger partial charge in [-0.25, -0.2) is 9.29 Å². The molecule has 0 spiro atoms. The van der Waals surface area contributed by atoms with E-state index in [4.69, 9.17) is 4.74 Å². The zero-order chi connectivity index (χ0) is 21.3. The summed E-state index contributed by atoms with van der Waals surface area (Å²) in [6.45, 7) is -0.275. The Bertz CT molecular complexity index is 1100. The fourth-order valence-electron chi connectivity index (χ4n) is 5.82. The number of benzene rings is 2. The van der Waals surface area contributed by atoms with E-state index in [2.05, 4.69) is 12.2 Å². The van der Waals surface area contributed by atoms with Crippen molar-refractivity contribution in [1.29, 1.82) is 0 Å². The second kappa shape index (κ2) is 6.61. The van der Waals surface area contributed by atoms with Crippen molar-refractivity contribution in [2.45, 2.75) is 6.42 Å². The maximum absolute atomic E-state index is 13.4. The van der Waals surface area contributed by atoms with Crippen LogP contribution in [0.5, 0.6) is 5.75 Å². The Labute approximate surface area is 178 Å². The van der Waals surface area contributed by atoms with Gasteiger partial charge in [0, 0.05) is 5.56 Å². The molecule has 2 aromatic carbocycles. The predicted molar refractivity (Wildman–Crippen MR) is 110 cm³/mol. The smallest absolute Gasteiger partial charge is 0.238 e. The minimum atomic E-state index is -0.420. The summed E-state index contributed by atoms with van der Waals surface area (Å²) in [5.41, 5.74) is 0.715. The van der Waals surface area contributed by atoms with Crippen molar-refractivity contribution >= 4 is 23.3 Å². The summed E-state index contributed by atoms with van der Waals surface area (Å²) in [7, 11) is 0. The molecule has 0 radical (unpaired) electrons. The lowest BCUT2D eigenvalue weighted by atomic mass is 9.63. The fraction of sp³-hybridized carbons (Fsp3) is 0.320. The number of rotatable bonds is 5. The Balaban J connectivity index is 1.26. The van der Waals surface area contributed by atoms with E-state index in [1.54, 1.807) is 24.3 Å². The lowest BCUT2D eigenvalue weighted by Gasteiger charge is -2.37. The Morgan fingerprint density at radius 3 is 2.19 bits per heavy atom. The molecule has 2 amide bonds. The average molecular weight is 417 g/mol. The molecule has 0 aromatic heterocycles. The van der Waals surface area contributed by atoms with Gasteiger partial charge in [-0.3, -0.25) is 14.4 Å². The number of para-hydroxylation sites is 2. The number of carbonyl (C=O) groups excluding carboxylic acids is 3. The molecule has 5 nitrogen and oxygen atoms in total. The molecule has 156 valence electrons. The van der Waals surface area contributed by atoms with Gasteiger partial charge in [0.05, 0.1) is 17.5 Å². The quantitative estimate of drug-likeness (QED) is 0.423. The van der Waals surface area contributed by atoms with Crippen molar-refractivity contribution < 1.29 is 23.5 Å². The predicted octanol–water partition coefficient (Wildman–Crippen LogP) is 3.64. The van der Waals surface area contributed by atoms with E-state index in [1.165, 1.54) is 29.2 Å².